The van der Waals surface area contributed by atoms with Crippen LogP contribution in [-0.2, 0) is 19.5 Å². The van der Waals surface area contributed by atoms with Crippen molar-refractivity contribution in [3.63, 3.8) is 0 Å². The second-order valence-corrected chi connectivity index (χ2v) is 6.91. The number of nitrogens with zero attached hydrogens (tertiary/aromatic N) is 4. The van der Waals surface area contributed by atoms with E-state index < -0.39 is 0 Å². The van der Waals surface area contributed by atoms with Gasteiger partial charge in [-0.05, 0) is 24.6 Å². The fourth-order valence-electron chi connectivity index (χ4n) is 3.47. The summed E-state index contributed by atoms with van der Waals surface area (Å²) >= 11 is 0. The zero-order valence-corrected chi connectivity index (χ0v) is 15.4. The third kappa shape index (κ3) is 3.54. The van der Waals surface area contributed by atoms with Crippen LogP contribution in [0.1, 0.15) is 22.4 Å². The molecule has 0 aliphatic carbocycles. The quantitative estimate of drug-likeness (QED) is 0.553. The monoisotopic (exact) mass is 377 g/mol. The Bertz CT molecular complexity index is 1090. The van der Waals surface area contributed by atoms with Gasteiger partial charge in [0.1, 0.15) is 5.82 Å². The Hall–Kier alpha value is -3.39. The summed E-state index contributed by atoms with van der Waals surface area (Å²) in [6.07, 6.45) is 3.99. The van der Waals surface area contributed by atoms with Crippen LogP contribution in [0.2, 0.25) is 0 Å². The van der Waals surface area contributed by atoms with Gasteiger partial charge in [-0.15, -0.1) is 0 Å². The van der Waals surface area contributed by atoms with Crippen molar-refractivity contribution >= 4 is 5.69 Å². The van der Waals surface area contributed by atoms with Gasteiger partial charge in [-0.25, -0.2) is 4.98 Å². The molecule has 8 heteroatoms. The van der Waals surface area contributed by atoms with Gasteiger partial charge in [0.15, 0.2) is 0 Å². The van der Waals surface area contributed by atoms with Gasteiger partial charge in [-0.1, -0.05) is 12.1 Å². The zero-order chi connectivity index (χ0) is 19.7. The lowest BCUT2D eigenvalue weighted by atomic mass is 10.0. The molecule has 8 nitrogen and oxygen atoms in total. The van der Waals surface area contributed by atoms with E-state index in [9.17, 15) is 14.9 Å². The normalized spacial score (nSPS) is 13.9. The second kappa shape index (κ2) is 7.32. The Labute approximate surface area is 161 Å². The number of H-pyrrole nitrogens is 1. The van der Waals surface area contributed by atoms with Crippen LogP contribution in [0.15, 0.2) is 47.5 Å². The third-order valence-electron chi connectivity index (χ3n) is 4.98. The number of hydrogen-bond acceptors (Lipinski definition) is 6. The van der Waals surface area contributed by atoms with Crippen LogP contribution in [0.4, 0.5) is 5.69 Å². The molecule has 1 aromatic carbocycles. The minimum atomic E-state index is -0.362. The average Bonchev–Trinajstić information content (AvgIpc) is 2.70. The fourth-order valence-corrected chi connectivity index (χ4v) is 3.47. The highest BCUT2D eigenvalue weighted by Gasteiger charge is 2.22. The summed E-state index contributed by atoms with van der Waals surface area (Å²) in [6, 6.07) is 8.89. The van der Waals surface area contributed by atoms with E-state index in [0.29, 0.717) is 36.5 Å². The van der Waals surface area contributed by atoms with Gasteiger partial charge in [0, 0.05) is 55.6 Å². The van der Waals surface area contributed by atoms with Gasteiger partial charge in [0.25, 0.3) is 11.2 Å². The standard InChI is InChI=1S/C20H19N5O3/c1-13-2-3-14(10-18(13)25(27)28)11-24-9-6-17-16(12-24)20(26)23-19(22-17)15-4-7-21-8-5-15/h2-5,7-8,10H,6,9,11-12H2,1H3,(H,22,23,26). The number of pyridine rings is 1. The molecule has 1 N–H and O–H groups in total. The largest absolute Gasteiger partial charge is 0.306 e. The van der Waals surface area contributed by atoms with Gasteiger partial charge in [0.2, 0.25) is 0 Å². The molecule has 2 aromatic heterocycles. The summed E-state index contributed by atoms with van der Waals surface area (Å²) in [4.78, 5) is 37.0. The number of aromatic nitrogens is 3. The van der Waals surface area contributed by atoms with E-state index >= 15 is 0 Å². The maximum Gasteiger partial charge on any atom is 0.272 e. The molecule has 1 aliphatic heterocycles. The summed E-state index contributed by atoms with van der Waals surface area (Å²) in [5.41, 5.74) is 3.77. The van der Waals surface area contributed by atoms with Crippen LogP contribution in [0.25, 0.3) is 11.4 Å². The molecule has 0 fully saturated rings. The van der Waals surface area contributed by atoms with Crippen LogP contribution < -0.4 is 5.56 Å². The summed E-state index contributed by atoms with van der Waals surface area (Å²) in [5.74, 6) is 0.550. The lowest BCUT2D eigenvalue weighted by Crippen LogP contribution is -2.35. The average molecular weight is 377 g/mol. The highest BCUT2D eigenvalue weighted by atomic mass is 16.6. The summed E-state index contributed by atoms with van der Waals surface area (Å²) in [7, 11) is 0. The minimum absolute atomic E-state index is 0.122. The van der Waals surface area contributed by atoms with E-state index in [4.69, 9.17) is 0 Å². The van der Waals surface area contributed by atoms with Crippen LogP contribution in [-0.4, -0.2) is 31.3 Å². The lowest BCUT2D eigenvalue weighted by Gasteiger charge is -2.27. The number of hydrogen-bond donors (Lipinski definition) is 1. The molecule has 0 radical (unpaired) electrons. The predicted molar refractivity (Wildman–Crippen MR) is 104 cm³/mol. The van der Waals surface area contributed by atoms with Crippen LogP contribution in [0.5, 0.6) is 0 Å². The molecule has 0 atom stereocenters. The highest BCUT2D eigenvalue weighted by molar-refractivity contribution is 5.54. The number of nitrogens with one attached hydrogen (secondary N) is 1. The summed E-state index contributed by atoms with van der Waals surface area (Å²) in [6.45, 7) is 3.48. The number of benzene rings is 1. The third-order valence-corrected chi connectivity index (χ3v) is 4.98. The zero-order valence-electron chi connectivity index (χ0n) is 15.4. The van der Waals surface area contributed by atoms with E-state index in [1.165, 1.54) is 0 Å². The number of fused-ring (bicyclic) bond motifs is 1. The van der Waals surface area contributed by atoms with Crippen molar-refractivity contribution in [2.24, 2.45) is 0 Å². The molecular formula is C20H19N5O3. The maximum atomic E-state index is 12.6. The van der Waals surface area contributed by atoms with Gasteiger partial charge in [0.05, 0.1) is 16.2 Å². The molecule has 0 saturated heterocycles. The first kappa shape index (κ1) is 18.0. The van der Waals surface area contributed by atoms with Gasteiger partial charge in [-0.2, -0.15) is 0 Å². The van der Waals surface area contributed by atoms with Crippen molar-refractivity contribution < 1.29 is 4.92 Å². The number of nitro groups is 1. The van der Waals surface area contributed by atoms with Crippen molar-refractivity contribution in [1.82, 2.24) is 19.9 Å². The molecule has 0 unspecified atom stereocenters. The molecule has 0 spiro atoms. The van der Waals surface area contributed by atoms with Crippen LogP contribution >= 0.6 is 0 Å². The highest BCUT2D eigenvalue weighted by Crippen LogP contribution is 2.23. The summed E-state index contributed by atoms with van der Waals surface area (Å²) in [5, 5.41) is 11.2. The van der Waals surface area contributed by atoms with Gasteiger partial charge in [-0.3, -0.25) is 24.8 Å². The van der Waals surface area contributed by atoms with Crippen LogP contribution in [0, 0.1) is 17.0 Å². The molecule has 0 amide bonds. The SMILES string of the molecule is Cc1ccc(CN2CCc3nc(-c4ccncc4)[nH]c(=O)c3C2)cc1[N+](=O)[O-]. The van der Waals surface area contributed by atoms with E-state index in [2.05, 4.69) is 19.9 Å². The Kier molecular flexibility index (Phi) is 4.70. The Morgan fingerprint density at radius 3 is 2.79 bits per heavy atom. The van der Waals surface area contributed by atoms with Crippen molar-refractivity contribution in [1.29, 1.82) is 0 Å². The Balaban J connectivity index is 1.57. The Morgan fingerprint density at radius 2 is 2.04 bits per heavy atom. The first-order valence-corrected chi connectivity index (χ1v) is 9.00. The number of rotatable bonds is 4. The molecule has 28 heavy (non-hydrogen) atoms. The molecule has 1 aliphatic rings. The summed E-state index contributed by atoms with van der Waals surface area (Å²) < 4.78 is 0. The molecule has 0 saturated carbocycles. The second-order valence-electron chi connectivity index (χ2n) is 6.91. The van der Waals surface area contributed by atoms with E-state index in [1.807, 2.05) is 18.2 Å². The smallest absolute Gasteiger partial charge is 0.272 e. The molecular weight excluding hydrogens is 358 g/mol. The number of aromatic amines is 1. The van der Waals surface area contributed by atoms with Crippen LogP contribution in [0.3, 0.4) is 0 Å². The topological polar surface area (TPSA) is 105 Å². The molecule has 3 aromatic rings. The molecule has 3 heterocycles. The van der Waals surface area contributed by atoms with Gasteiger partial charge < -0.3 is 4.98 Å². The minimum Gasteiger partial charge on any atom is -0.306 e. The molecule has 4 rings (SSSR count). The number of nitro benzene ring substituents is 1. The van der Waals surface area contributed by atoms with Crippen molar-refractivity contribution in [2.75, 3.05) is 6.54 Å². The first-order chi connectivity index (χ1) is 13.5. The van der Waals surface area contributed by atoms with Crippen molar-refractivity contribution in [3.05, 3.63) is 85.6 Å². The van der Waals surface area contributed by atoms with E-state index in [0.717, 1.165) is 23.4 Å². The fraction of sp³-hybridized carbons (Fsp3) is 0.250. The maximum absolute atomic E-state index is 12.6. The van der Waals surface area contributed by atoms with E-state index in [1.54, 1.807) is 31.5 Å². The van der Waals surface area contributed by atoms with E-state index in [-0.39, 0.29) is 16.2 Å². The molecule has 0 bridgehead atoms. The van der Waals surface area contributed by atoms with Crippen molar-refractivity contribution in [3.8, 4) is 11.4 Å². The Morgan fingerprint density at radius 1 is 1.25 bits per heavy atom. The predicted octanol–water partition coefficient (Wildman–Crippen LogP) is 2.61. The van der Waals surface area contributed by atoms with Gasteiger partial charge >= 0.3 is 0 Å². The number of aryl methyl sites for hydroxylation is 1. The van der Waals surface area contributed by atoms with Crippen molar-refractivity contribution in [2.45, 2.75) is 26.4 Å². The lowest BCUT2D eigenvalue weighted by molar-refractivity contribution is -0.385. The first-order valence-electron chi connectivity index (χ1n) is 9.00. The molecule has 142 valence electrons.